The lowest BCUT2D eigenvalue weighted by Crippen LogP contribution is -2.35. The number of hydrogen-bond acceptors (Lipinski definition) is 4. The monoisotopic (exact) mass is 334 g/mol. The van der Waals surface area contributed by atoms with Gasteiger partial charge in [0.05, 0.1) is 12.4 Å². The van der Waals surface area contributed by atoms with Crippen molar-refractivity contribution in [3.05, 3.63) is 29.8 Å². The van der Waals surface area contributed by atoms with Crippen molar-refractivity contribution in [3.8, 4) is 5.75 Å². The van der Waals surface area contributed by atoms with Gasteiger partial charge in [0.25, 0.3) is 0 Å². The second-order valence-corrected chi connectivity index (χ2v) is 7.42. The number of carbonyl (C=O) groups is 2. The van der Waals surface area contributed by atoms with Gasteiger partial charge in [-0.05, 0) is 25.8 Å². The molecule has 23 heavy (non-hydrogen) atoms. The van der Waals surface area contributed by atoms with Crippen LogP contribution >= 0.6 is 11.8 Å². The van der Waals surface area contributed by atoms with E-state index in [0.29, 0.717) is 19.0 Å². The van der Waals surface area contributed by atoms with Crippen LogP contribution in [0.25, 0.3) is 0 Å². The van der Waals surface area contributed by atoms with Gasteiger partial charge in [-0.1, -0.05) is 18.2 Å². The van der Waals surface area contributed by atoms with Crippen molar-refractivity contribution in [2.24, 2.45) is 0 Å². The van der Waals surface area contributed by atoms with Crippen molar-refractivity contribution < 1.29 is 14.3 Å². The van der Waals surface area contributed by atoms with E-state index < -0.39 is 0 Å². The third-order valence-corrected chi connectivity index (χ3v) is 5.55. The quantitative estimate of drug-likeness (QED) is 0.867. The van der Waals surface area contributed by atoms with Crippen molar-refractivity contribution in [1.82, 2.24) is 10.2 Å². The molecule has 2 amide bonds. The van der Waals surface area contributed by atoms with Gasteiger partial charge in [0.1, 0.15) is 11.1 Å². The molecule has 1 saturated carbocycles. The molecule has 1 aliphatic heterocycles. The van der Waals surface area contributed by atoms with Crippen molar-refractivity contribution in [3.63, 3.8) is 0 Å². The van der Waals surface area contributed by atoms with Crippen molar-refractivity contribution in [1.29, 1.82) is 0 Å². The van der Waals surface area contributed by atoms with Crippen molar-refractivity contribution in [2.45, 2.75) is 42.9 Å². The Morgan fingerprint density at radius 3 is 2.83 bits per heavy atom. The van der Waals surface area contributed by atoms with E-state index in [1.807, 2.05) is 31.2 Å². The minimum Gasteiger partial charge on any atom is -0.496 e. The van der Waals surface area contributed by atoms with Crippen LogP contribution in [0.2, 0.25) is 0 Å². The summed E-state index contributed by atoms with van der Waals surface area (Å²) in [5, 5.41) is 2.78. The minimum atomic E-state index is -0.101. The molecule has 6 heteroatoms. The van der Waals surface area contributed by atoms with Crippen LogP contribution in [-0.4, -0.2) is 41.7 Å². The Morgan fingerprint density at radius 2 is 2.13 bits per heavy atom. The normalized spacial score (nSPS) is 23.9. The fourth-order valence-electron chi connectivity index (χ4n) is 2.76. The van der Waals surface area contributed by atoms with E-state index in [9.17, 15) is 9.59 Å². The molecule has 0 radical (unpaired) electrons. The Morgan fingerprint density at radius 1 is 1.39 bits per heavy atom. The first-order valence-corrected chi connectivity index (χ1v) is 8.92. The molecule has 1 aromatic carbocycles. The van der Waals surface area contributed by atoms with E-state index in [1.54, 1.807) is 23.8 Å². The van der Waals surface area contributed by atoms with Gasteiger partial charge in [-0.3, -0.25) is 9.59 Å². The number of carbonyl (C=O) groups excluding carboxylic acids is 2. The fraction of sp³-hybridized carbons (Fsp3) is 0.529. The van der Waals surface area contributed by atoms with Crippen LogP contribution in [0.1, 0.15) is 37.1 Å². The molecule has 0 spiro atoms. The van der Waals surface area contributed by atoms with E-state index in [0.717, 1.165) is 24.2 Å². The summed E-state index contributed by atoms with van der Waals surface area (Å²) in [5.41, 5.74) is 0.986. The van der Waals surface area contributed by atoms with Gasteiger partial charge in [0.15, 0.2) is 0 Å². The Hall–Kier alpha value is -1.69. The van der Waals surface area contributed by atoms with E-state index in [2.05, 4.69) is 5.32 Å². The second kappa shape index (κ2) is 6.83. The Labute approximate surface area is 140 Å². The average molecular weight is 334 g/mol. The lowest BCUT2D eigenvalue weighted by molar-refractivity contribution is -0.130. The number of ether oxygens (including phenoxy) is 1. The highest BCUT2D eigenvalue weighted by molar-refractivity contribution is 8.01. The van der Waals surface area contributed by atoms with Crippen LogP contribution in [0, 0.1) is 0 Å². The number of benzene rings is 1. The number of methoxy groups -OCH3 is 1. The number of nitrogens with zero attached hydrogens (tertiary/aromatic N) is 1. The maximum Gasteiger partial charge on any atom is 0.236 e. The van der Waals surface area contributed by atoms with Crippen molar-refractivity contribution in [2.75, 3.05) is 13.7 Å². The SMILES string of the molecule is COc1ccccc1[C@@H]1S[C@@H](C)C(=O)N1CCC(=O)NC1CC1. The van der Waals surface area contributed by atoms with Gasteiger partial charge in [0.2, 0.25) is 11.8 Å². The zero-order chi connectivity index (χ0) is 16.4. The Kier molecular flexibility index (Phi) is 4.80. The van der Waals surface area contributed by atoms with Crippen LogP contribution in [0.3, 0.4) is 0 Å². The number of rotatable bonds is 6. The molecular formula is C17H22N2O3S. The molecule has 2 aliphatic rings. The zero-order valence-electron chi connectivity index (χ0n) is 13.5. The highest BCUT2D eigenvalue weighted by Gasteiger charge is 2.39. The third kappa shape index (κ3) is 3.63. The summed E-state index contributed by atoms with van der Waals surface area (Å²) in [6, 6.07) is 8.11. The van der Waals surface area contributed by atoms with E-state index in [4.69, 9.17) is 4.74 Å². The molecule has 2 atom stereocenters. The Balaban J connectivity index is 1.72. The van der Waals surface area contributed by atoms with E-state index in [1.165, 1.54) is 0 Å². The number of hydrogen-bond donors (Lipinski definition) is 1. The van der Waals surface area contributed by atoms with E-state index >= 15 is 0 Å². The van der Waals surface area contributed by atoms with Gasteiger partial charge in [-0.2, -0.15) is 0 Å². The first kappa shape index (κ1) is 16.2. The second-order valence-electron chi connectivity index (χ2n) is 6.00. The minimum absolute atomic E-state index is 0.0311. The summed E-state index contributed by atoms with van der Waals surface area (Å²) in [4.78, 5) is 26.2. The van der Waals surface area contributed by atoms with Gasteiger partial charge in [0, 0.05) is 24.6 Å². The smallest absolute Gasteiger partial charge is 0.236 e. The summed E-state index contributed by atoms with van der Waals surface area (Å²) < 4.78 is 5.43. The predicted molar refractivity (Wildman–Crippen MR) is 90.3 cm³/mol. The summed E-state index contributed by atoms with van der Waals surface area (Å²) >= 11 is 1.61. The highest BCUT2D eigenvalue weighted by Crippen LogP contribution is 2.45. The zero-order valence-corrected chi connectivity index (χ0v) is 14.3. The van der Waals surface area contributed by atoms with Gasteiger partial charge >= 0.3 is 0 Å². The molecule has 0 unspecified atom stereocenters. The number of para-hydroxylation sites is 1. The van der Waals surface area contributed by atoms with Gasteiger partial charge in [-0.15, -0.1) is 11.8 Å². The molecule has 1 saturated heterocycles. The van der Waals surface area contributed by atoms with Crippen LogP contribution in [-0.2, 0) is 9.59 Å². The molecule has 1 heterocycles. The third-order valence-electron chi connectivity index (χ3n) is 4.17. The molecule has 1 N–H and O–H groups in total. The molecule has 1 aliphatic carbocycles. The van der Waals surface area contributed by atoms with Crippen LogP contribution in [0.5, 0.6) is 5.75 Å². The highest BCUT2D eigenvalue weighted by atomic mass is 32.2. The van der Waals surface area contributed by atoms with Crippen molar-refractivity contribution >= 4 is 23.6 Å². The number of amides is 2. The molecule has 2 fully saturated rings. The Bertz CT molecular complexity index is 603. The summed E-state index contributed by atoms with van der Waals surface area (Å²) in [6.45, 7) is 2.36. The molecule has 0 aromatic heterocycles. The maximum atomic E-state index is 12.5. The fourth-order valence-corrected chi connectivity index (χ4v) is 4.10. The lowest BCUT2D eigenvalue weighted by atomic mass is 10.1. The van der Waals surface area contributed by atoms with Gasteiger partial charge in [-0.25, -0.2) is 0 Å². The van der Waals surface area contributed by atoms with Crippen LogP contribution < -0.4 is 10.1 Å². The molecule has 0 bridgehead atoms. The first-order chi connectivity index (χ1) is 11.1. The summed E-state index contributed by atoms with van der Waals surface area (Å²) in [6.07, 6.45) is 2.50. The standard InChI is InChI=1S/C17H22N2O3S/c1-11-16(21)19(10-9-15(20)18-12-7-8-12)17(23-11)13-5-3-4-6-14(13)22-2/h3-6,11-12,17H,7-10H2,1-2H3,(H,18,20)/t11-,17-/m0/s1. The molecule has 3 rings (SSSR count). The van der Waals surface area contributed by atoms with Gasteiger partial charge < -0.3 is 15.0 Å². The molecular weight excluding hydrogens is 312 g/mol. The topological polar surface area (TPSA) is 58.6 Å². The number of nitrogens with one attached hydrogen (secondary N) is 1. The average Bonchev–Trinajstić information content (AvgIpc) is 3.32. The largest absolute Gasteiger partial charge is 0.496 e. The summed E-state index contributed by atoms with van der Waals surface area (Å²) in [7, 11) is 1.64. The predicted octanol–water partition coefficient (Wildman–Crippen LogP) is 2.33. The first-order valence-electron chi connectivity index (χ1n) is 7.98. The lowest BCUT2D eigenvalue weighted by Gasteiger charge is -2.25. The number of thioether (sulfide) groups is 1. The molecule has 1 aromatic rings. The van der Waals surface area contributed by atoms with Crippen LogP contribution in [0.4, 0.5) is 0 Å². The molecule has 5 nitrogen and oxygen atoms in total. The maximum absolute atomic E-state index is 12.5. The molecule has 124 valence electrons. The van der Waals surface area contributed by atoms with Crippen LogP contribution in [0.15, 0.2) is 24.3 Å². The summed E-state index contributed by atoms with van der Waals surface area (Å²) in [5.74, 6) is 0.896. The van der Waals surface area contributed by atoms with E-state index in [-0.39, 0.29) is 22.4 Å².